The molecule has 0 aliphatic heterocycles. The molecule has 0 unspecified atom stereocenters. The van der Waals surface area contributed by atoms with Gasteiger partial charge in [0.25, 0.3) is 0 Å². The van der Waals surface area contributed by atoms with Crippen molar-refractivity contribution in [1.82, 2.24) is 10.2 Å². The molecule has 0 aromatic rings. The molecule has 0 saturated heterocycles. The van der Waals surface area contributed by atoms with E-state index in [0.29, 0.717) is 30.1 Å². The predicted octanol–water partition coefficient (Wildman–Crippen LogP) is 7.28. The third-order valence-electron chi connectivity index (χ3n) is 11.7. The van der Waals surface area contributed by atoms with Crippen LogP contribution in [0.4, 0.5) is 4.79 Å². The molecule has 1 N–H and O–H groups in total. The Morgan fingerprint density at radius 1 is 1.05 bits per heavy atom. The van der Waals surface area contributed by atoms with Crippen LogP contribution in [0.25, 0.3) is 0 Å². The van der Waals surface area contributed by atoms with Crippen LogP contribution < -0.4 is 5.32 Å². The first kappa shape index (κ1) is 28.8. The third-order valence-corrected chi connectivity index (χ3v) is 11.7. The molecule has 4 fully saturated rings. The normalized spacial score (nSPS) is 37.1. The van der Waals surface area contributed by atoms with Crippen LogP contribution in [0.3, 0.4) is 0 Å². The van der Waals surface area contributed by atoms with E-state index in [4.69, 9.17) is 4.84 Å². The van der Waals surface area contributed by atoms with Crippen LogP contribution in [0.15, 0.2) is 16.8 Å². The Morgan fingerprint density at radius 2 is 1.79 bits per heavy atom. The maximum atomic E-state index is 13.3. The molecule has 218 valence electrons. The van der Waals surface area contributed by atoms with Crippen LogP contribution in [0.5, 0.6) is 0 Å². The molecule has 39 heavy (non-hydrogen) atoms. The van der Waals surface area contributed by atoms with E-state index in [1.165, 1.54) is 44.1 Å². The van der Waals surface area contributed by atoms with E-state index in [9.17, 15) is 9.59 Å². The first-order valence-electron chi connectivity index (χ1n) is 15.9. The molecule has 0 aromatic carbocycles. The van der Waals surface area contributed by atoms with Gasteiger partial charge >= 0.3 is 6.09 Å². The Hall–Kier alpha value is -1.69. The van der Waals surface area contributed by atoms with E-state index in [-0.39, 0.29) is 28.5 Å². The number of carbonyl (C=O) groups excluding carboxylic acids is 2. The molecule has 5 aliphatic rings. The maximum absolute atomic E-state index is 13.3. The van der Waals surface area contributed by atoms with Crippen molar-refractivity contribution >= 4 is 17.6 Å². The molecule has 1 amide bonds. The summed E-state index contributed by atoms with van der Waals surface area (Å²) in [5, 5.41) is 8.06. The summed E-state index contributed by atoms with van der Waals surface area (Å²) in [4.78, 5) is 33.1. The largest absolute Gasteiger partial charge is 0.436 e. The van der Waals surface area contributed by atoms with Crippen molar-refractivity contribution in [2.24, 2.45) is 39.7 Å². The Bertz CT molecular complexity index is 1010. The summed E-state index contributed by atoms with van der Waals surface area (Å²) < 4.78 is 0. The number of ketones is 1. The third kappa shape index (κ3) is 5.61. The van der Waals surface area contributed by atoms with Crippen molar-refractivity contribution < 1.29 is 14.4 Å². The summed E-state index contributed by atoms with van der Waals surface area (Å²) >= 11 is 0. The van der Waals surface area contributed by atoms with Gasteiger partial charge in [-0.2, -0.15) is 0 Å². The molecule has 0 spiro atoms. The summed E-state index contributed by atoms with van der Waals surface area (Å²) in [5.74, 6) is 2.82. The molecule has 5 aliphatic carbocycles. The summed E-state index contributed by atoms with van der Waals surface area (Å²) in [6.45, 7) is 14.9. The molecular formula is C33H53N3O3. The Labute approximate surface area is 236 Å². The number of nitrogens with zero attached hydrogens (tertiary/aromatic N) is 2. The minimum atomic E-state index is -0.285. The molecular weight excluding hydrogens is 486 g/mol. The molecule has 0 radical (unpaired) electrons. The average molecular weight is 540 g/mol. The van der Waals surface area contributed by atoms with Crippen LogP contribution in [-0.4, -0.2) is 47.2 Å². The van der Waals surface area contributed by atoms with Crippen molar-refractivity contribution in [3.05, 3.63) is 11.6 Å². The minimum Gasteiger partial charge on any atom is -0.310 e. The minimum absolute atomic E-state index is 0.0233. The fraction of sp³-hybridized carbons (Fsp3) is 0.848. The summed E-state index contributed by atoms with van der Waals surface area (Å²) in [7, 11) is 0. The fourth-order valence-electron chi connectivity index (χ4n) is 9.66. The van der Waals surface area contributed by atoms with E-state index >= 15 is 0 Å². The number of oxime groups is 1. The lowest BCUT2D eigenvalue weighted by Gasteiger charge is -2.58. The molecule has 0 heterocycles. The molecule has 0 aromatic heterocycles. The first-order chi connectivity index (χ1) is 18.4. The Morgan fingerprint density at radius 3 is 2.51 bits per heavy atom. The van der Waals surface area contributed by atoms with E-state index in [2.05, 4.69) is 52.0 Å². The van der Waals surface area contributed by atoms with Gasteiger partial charge in [-0.15, -0.1) is 0 Å². The van der Waals surface area contributed by atoms with Crippen molar-refractivity contribution in [3.8, 4) is 0 Å². The SMILES string of the molecule is C/C(=N\OC(=O)N(CCNC(C)(C)C)C1CCCC1)[C@H]1CC[C@H]2[C@@H]3CCC4=CC(=O)CC[C@]4(C)[C@H]3CC[C@]12C. The molecule has 4 saturated carbocycles. The van der Waals surface area contributed by atoms with Gasteiger partial charge in [0.15, 0.2) is 5.78 Å². The number of carbonyl (C=O) groups is 2. The van der Waals surface area contributed by atoms with Crippen molar-refractivity contribution in [3.63, 3.8) is 0 Å². The number of rotatable bonds is 6. The van der Waals surface area contributed by atoms with Gasteiger partial charge in [-0.3, -0.25) is 9.63 Å². The van der Waals surface area contributed by atoms with Gasteiger partial charge in [-0.05, 0) is 120 Å². The van der Waals surface area contributed by atoms with Gasteiger partial charge in [-0.1, -0.05) is 37.4 Å². The van der Waals surface area contributed by atoms with Crippen molar-refractivity contribution in [1.29, 1.82) is 0 Å². The Kier molecular flexibility index (Phi) is 8.09. The number of fused-ring (bicyclic) bond motifs is 5. The van der Waals surface area contributed by atoms with Gasteiger partial charge in [0.2, 0.25) is 0 Å². The van der Waals surface area contributed by atoms with E-state index < -0.39 is 0 Å². The number of allylic oxidation sites excluding steroid dienone is 1. The van der Waals surface area contributed by atoms with E-state index in [0.717, 1.165) is 56.7 Å². The quantitative estimate of drug-likeness (QED) is 0.219. The van der Waals surface area contributed by atoms with Crippen molar-refractivity contribution in [2.45, 2.75) is 130 Å². The van der Waals surface area contributed by atoms with E-state index in [1.807, 2.05) is 11.0 Å². The van der Waals surface area contributed by atoms with Gasteiger partial charge < -0.3 is 10.2 Å². The van der Waals surface area contributed by atoms with Gasteiger partial charge in [0, 0.05) is 37.0 Å². The van der Waals surface area contributed by atoms with Gasteiger partial charge in [0.05, 0.1) is 5.71 Å². The Balaban J connectivity index is 1.25. The number of amides is 1. The lowest BCUT2D eigenvalue weighted by molar-refractivity contribution is -0.117. The van der Waals surface area contributed by atoms with Crippen LogP contribution >= 0.6 is 0 Å². The zero-order chi connectivity index (χ0) is 28.0. The van der Waals surface area contributed by atoms with Crippen molar-refractivity contribution in [2.75, 3.05) is 13.1 Å². The highest BCUT2D eigenvalue weighted by molar-refractivity contribution is 5.91. The summed E-state index contributed by atoms with van der Waals surface area (Å²) in [6, 6.07) is 0.264. The second kappa shape index (κ2) is 10.9. The second-order valence-electron chi connectivity index (χ2n) is 15.0. The summed E-state index contributed by atoms with van der Waals surface area (Å²) in [5.41, 5.74) is 2.88. The molecule has 0 bridgehead atoms. The lowest BCUT2D eigenvalue weighted by atomic mass is 9.46. The maximum Gasteiger partial charge on any atom is 0.436 e. The zero-order valence-corrected chi connectivity index (χ0v) is 25.5. The van der Waals surface area contributed by atoms with Crippen LogP contribution in [0.2, 0.25) is 0 Å². The second-order valence-corrected chi connectivity index (χ2v) is 15.0. The predicted molar refractivity (Wildman–Crippen MR) is 157 cm³/mol. The van der Waals surface area contributed by atoms with E-state index in [1.54, 1.807) is 0 Å². The van der Waals surface area contributed by atoms with Gasteiger partial charge in [-0.25, -0.2) is 4.79 Å². The highest BCUT2D eigenvalue weighted by Gasteiger charge is 2.59. The standard InChI is InChI=1S/C33H53N3O3/c1-22(35-39-30(38)36(24-9-7-8-10-24)20-19-34-31(2,3)4)27-13-14-28-26-12-11-23-21-25(37)15-17-32(23,5)29(26)16-18-33(27,28)6/h21,24,26-29,34H,7-20H2,1-6H3/b35-22+/t26-,27+,28-,29-,32-,33+/m0/s1. The lowest BCUT2D eigenvalue weighted by Crippen LogP contribution is -2.51. The summed E-state index contributed by atoms with van der Waals surface area (Å²) in [6.07, 6.45) is 15.1. The molecule has 6 atom stereocenters. The fourth-order valence-corrected chi connectivity index (χ4v) is 9.66. The van der Waals surface area contributed by atoms with Crippen LogP contribution in [0, 0.1) is 34.5 Å². The number of nitrogens with one attached hydrogen (secondary N) is 1. The average Bonchev–Trinajstić information content (AvgIpc) is 3.52. The number of hydrogen-bond donors (Lipinski definition) is 1. The first-order valence-corrected chi connectivity index (χ1v) is 15.9. The highest BCUT2D eigenvalue weighted by Crippen LogP contribution is 2.66. The molecule has 6 heteroatoms. The van der Waals surface area contributed by atoms with Gasteiger partial charge in [0.1, 0.15) is 0 Å². The zero-order valence-electron chi connectivity index (χ0n) is 25.5. The number of hydrogen-bond acceptors (Lipinski definition) is 5. The molecule has 5 rings (SSSR count). The highest BCUT2D eigenvalue weighted by atomic mass is 16.7. The monoisotopic (exact) mass is 539 g/mol. The topological polar surface area (TPSA) is 71.0 Å². The molecule has 6 nitrogen and oxygen atoms in total. The van der Waals surface area contributed by atoms with Crippen LogP contribution in [0.1, 0.15) is 119 Å². The van der Waals surface area contributed by atoms with Crippen LogP contribution in [-0.2, 0) is 9.63 Å². The smallest absolute Gasteiger partial charge is 0.310 e.